The van der Waals surface area contributed by atoms with E-state index in [9.17, 15) is 4.79 Å². The molecule has 1 N–H and O–H groups in total. The third-order valence-corrected chi connectivity index (χ3v) is 3.35. The highest BCUT2D eigenvalue weighted by Crippen LogP contribution is 2.37. The second-order valence-corrected chi connectivity index (χ2v) is 4.45. The summed E-state index contributed by atoms with van der Waals surface area (Å²) in [5, 5.41) is 1.38. The summed E-state index contributed by atoms with van der Waals surface area (Å²) in [4.78, 5) is 13.9. The van der Waals surface area contributed by atoms with Gasteiger partial charge >= 0.3 is 0 Å². The Hall–Kier alpha value is -1.48. The zero-order valence-electron chi connectivity index (χ0n) is 8.71. The summed E-state index contributed by atoms with van der Waals surface area (Å²) in [7, 11) is 0. The molecule has 16 heavy (non-hydrogen) atoms. The summed E-state index contributed by atoms with van der Waals surface area (Å²) in [6.45, 7) is 2.02. The number of halogens is 1. The molecule has 0 radical (unpaired) electrons. The summed E-state index contributed by atoms with van der Waals surface area (Å²) in [5.41, 5.74) is 2.47. The van der Waals surface area contributed by atoms with Crippen molar-refractivity contribution in [1.82, 2.24) is 4.98 Å². The van der Waals surface area contributed by atoms with Crippen molar-refractivity contribution >= 4 is 28.8 Å². The van der Waals surface area contributed by atoms with Crippen molar-refractivity contribution in [2.75, 3.05) is 0 Å². The van der Waals surface area contributed by atoms with Crippen molar-refractivity contribution in [3.05, 3.63) is 28.4 Å². The maximum Gasteiger partial charge on any atom is 0.167 e. The molecule has 1 aliphatic heterocycles. The van der Waals surface area contributed by atoms with Crippen LogP contribution in [0, 0.1) is 0 Å². The van der Waals surface area contributed by atoms with E-state index in [1.54, 1.807) is 0 Å². The summed E-state index contributed by atoms with van der Waals surface area (Å²) in [5.74, 6) is 0.885. The zero-order chi connectivity index (χ0) is 11.3. The van der Waals surface area contributed by atoms with Crippen molar-refractivity contribution in [3.8, 4) is 5.75 Å². The van der Waals surface area contributed by atoms with Crippen molar-refractivity contribution in [3.63, 3.8) is 0 Å². The molecule has 82 valence electrons. The average Bonchev–Trinajstić information content (AvgIpc) is 2.78. The number of ether oxygens (including phenoxy) is 1. The number of hydrogen-bond acceptors (Lipinski definition) is 2. The molecular formula is C12H10ClNO2. The van der Waals surface area contributed by atoms with Crippen LogP contribution in [0.1, 0.15) is 23.0 Å². The molecule has 2 heterocycles. The molecule has 1 aromatic heterocycles. The molecule has 3 rings (SSSR count). The third kappa shape index (κ3) is 1.18. The fourth-order valence-electron chi connectivity index (χ4n) is 2.23. The molecule has 1 atom stereocenters. The summed E-state index contributed by atoms with van der Waals surface area (Å²) < 4.78 is 5.65. The number of aldehydes is 1. The summed E-state index contributed by atoms with van der Waals surface area (Å²) in [6.07, 6.45) is 1.78. The van der Waals surface area contributed by atoms with E-state index in [0.29, 0.717) is 10.7 Å². The first-order valence-corrected chi connectivity index (χ1v) is 5.53. The minimum absolute atomic E-state index is 0.183. The Balaban J connectivity index is 2.34. The van der Waals surface area contributed by atoms with E-state index in [4.69, 9.17) is 16.3 Å². The van der Waals surface area contributed by atoms with Crippen molar-refractivity contribution in [2.45, 2.75) is 19.4 Å². The number of nitrogens with one attached hydrogen (secondary N) is 1. The van der Waals surface area contributed by atoms with Gasteiger partial charge in [-0.3, -0.25) is 4.79 Å². The van der Waals surface area contributed by atoms with E-state index in [2.05, 4.69) is 4.98 Å². The van der Waals surface area contributed by atoms with Gasteiger partial charge in [-0.25, -0.2) is 0 Å². The Kier molecular flexibility index (Phi) is 1.98. The highest BCUT2D eigenvalue weighted by Gasteiger charge is 2.23. The van der Waals surface area contributed by atoms with E-state index in [1.807, 2.05) is 19.1 Å². The molecule has 1 aromatic carbocycles. The van der Waals surface area contributed by atoms with Crippen LogP contribution in [0.3, 0.4) is 0 Å². The van der Waals surface area contributed by atoms with Gasteiger partial charge in [-0.2, -0.15) is 0 Å². The third-order valence-electron chi connectivity index (χ3n) is 2.94. The van der Waals surface area contributed by atoms with Gasteiger partial charge in [-0.15, -0.1) is 0 Å². The minimum Gasteiger partial charge on any atom is -0.490 e. The summed E-state index contributed by atoms with van der Waals surface area (Å²) in [6, 6.07) is 3.80. The maximum absolute atomic E-state index is 10.8. The molecule has 1 aliphatic rings. The molecule has 3 nitrogen and oxygen atoms in total. The Morgan fingerprint density at radius 1 is 1.56 bits per heavy atom. The number of fused-ring (bicyclic) bond motifs is 3. The largest absolute Gasteiger partial charge is 0.490 e. The smallest absolute Gasteiger partial charge is 0.167 e. The lowest BCUT2D eigenvalue weighted by atomic mass is 10.1. The van der Waals surface area contributed by atoms with Crippen LogP contribution in [0.2, 0.25) is 5.02 Å². The molecule has 0 fully saturated rings. The Labute approximate surface area is 97.4 Å². The van der Waals surface area contributed by atoms with Gasteiger partial charge in [-0.1, -0.05) is 11.6 Å². The Morgan fingerprint density at radius 3 is 3.12 bits per heavy atom. The molecular weight excluding hydrogens is 226 g/mol. The van der Waals surface area contributed by atoms with E-state index in [1.165, 1.54) is 0 Å². The first kappa shape index (κ1) is 9.73. The number of carbonyl (C=O) groups is 1. The molecule has 1 unspecified atom stereocenters. The second kappa shape index (κ2) is 3.25. The number of hydrogen-bond donors (Lipinski definition) is 1. The Morgan fingerprint density at radius 2 is 2.38 bits per heavy atom. The fraction of sp³-hybridized carbons (Fsp3) is 0.250. The molecule has 0 saturated carbocycles. The van der Waals surface area contributed by atoms with Gasteiger partial charge in [0.05, 0.1) is 16.2 Å². The summed E-state index contributed by atoms with van der Waals surface area (Å²) >= 11 is 6.09. The van der Waals surface area contributed by atoms with Crippen LogP contribution in [0.5, 0.6) is 5.75 Å². The normalized spacial score (nSPS) is 18.5. The molecule has 0 amide bonds. The van der Waals surface area contributed by atoms with Crippen LogP contribution in [0.15, 0.2) is 12.1 Å². The van der Waals surface area contributed by atoms with Gasteiger partial charge in [0.1, 0.15) is 11.9 Å². The quantitative estimate of drug-likeness (QED) is 0.773. The fourth-order valence-corrected chi connectivity index (χ4v) is 2.48. The number of aromatic amines is 1. The lowest BCUT2D eigenvalue weighted by Gasteiger charge is -2.01. The highest BCUT2D eigenvalue weighted by molar-refractivity contribution is 6.38. The van der Waals surface area contributed by atoms with Gasteiger partial charge in [0, 0.05) is 17.4 Å². The van der Waals surface area contributed by atoms with Gasteiger partial charge in [-0.05, 0) is 19.1 Å². The van der Waals surface area contributed by atoms with E-state index >= 15 is 0 Å². The van der Waals surface area contributed by atoms with Gasteiger partial charge in [0.2, 0.25) is 0 Å². The predicted octanol–water partition coefficient (Wildman–Crippen LogP) is 2.96. The topological polar surface area (TPSA) is 42.1 Å². The van der Waals surface area contributed by atoms with Crippen LogP contribution < -0.4 is 4.74 Å². The van der Waals surface area contributed by atoms with Crippen molar-refractivity contribution < 1.29 is 9.53 Å². The SMILES string of the molecule is CC1Cc2c(ccc3c(Cl)c(C=O)[nH]c23)O1. The number of carbonyl (C=O) groups excluding carboxylic acids is 1. The van der Waals surface area contributed by atoms with Gasteiger partial charge < -0.3 is 9.72 Å². The van der Waals surface area contributed by atoms with Crippen LogP contribution in [0.4, 0.5) is 0 Å². The number of aromatic nitrogens is 1. The molecule has 2 aromatic rings. The van der Waals surface area contributed by atoms with E-state index < -0.39 is 0 Å². The van der Waals surface area contributed by atoms with Crippen LogP contribution in [-0.4, -0.2) is 17.4 Å². The van der Waals surface area contributed by atoms with Crippen LogP contribution in [0.25, 0.3) is 10.9 Å². The maximum atomic E-state index is 10.8. The lowest BCUT2D eigenvalue weighted by molar-refractivity contribution is 0.112. The highest BCUT2D eigenvalue weighted by atomic mass is 35.5. The van der Waals surface area contributed by atoms with Crippen molar-refractivity contribution in [1.29, 1.82) is 0 Å². The van der Waals surface area contributed by atoms with Crippen molar-refractivity contribution in [2.24, 2.45) is 0 Å². The molecule has 0 spiro atoms. The van der Waals surface area contributed by atoms with Gasteiger partial charge in [0.15, 0.2) is 6.29 Å². The second-order valence-electron chi connectivity index (χ2n) is 4.07. The monoisotopic (exact) mass is 235 g/mol. The van der Waals surface area contributed by atoms with Crippen LogP contribution >= 0.6 is 11.6 Å². The van der Waals surface area contributed by atoms with E-state index in [0.717, 1.165) is 34.9 Å². The molecule has 0 aliphatic carbocycles. The number of benzene rings is 1. The van der Waals surface area contributed by atoms with Crippen LogP contribution in [-0.2, 0) is 6.42 Å². The van der Waals surface area contributed by atoms with Gasteiger partial charge in [0.25, 0.3) is 0 Å². The average molecular weight is 236 g/mol. The number of H-pyrrole nitrogens is 1. The molecule has 0 bridgehead atoms. The standard InChI is InChI=1S/C12H10ClNO2/c1-6-4-8-10(16-6)3-2-7-11(13)9(5-15)14-12(7)8/h2-3,5-6,14H,4H2,1H3. The lowest BCUT2D eigenvalue weighted by Crippen LogP contribution is -2.05. The molecule has 0 saturated heterocycles. The van der Waals surface area contributed by atoms with E-state index in [-0.39, 0.29) is 6.10 Å². The number of rotatable bonds is 1. The zero-order valence-corrected chi connectivity index (χ0v) is 9.47. The Bertz CT molecular complexity index is 588. The molecule has 4 heteroatoms. The first-order valence-electron chi connectivity index (χ1n) is 5.15. The minimum atomic E-state index is 0.183. The predicted molar refractivity (Wildman–Crippen MR) is 62.5 cm³/mol. The first-order chi connectivity index (χ1) is 7.70.